The van der Waals surface area contributed by atoms with Crippen molar-refractivity contribution in [1.29, 1.82) is 0 Å². The summed E-state index contributed by atoms with van der Waals surface area (Å²) in [6.45, 7) is 1.74. The molecule has 2 aromatic rings. The van der Waals surface area contributed by atoms with Crippen molar-refractivity contribution in [1.82, 2.24) is 0 Å². The molecule has 0 amide bonds. The van der Waals surface area contributed by atoms with Gasteiger partial charge in [-0.25, -0.2) is 4.39 Å². The van der Waals surface area contributed by atoms with E-state index in [1.807, 2.05) is 0 Å². The maximum atomic E-state index is 13.0. The van der Waals surface area contributed by atoms with Gasteiger partial charge in [-0.15, -0.1) is 0 Å². The molecule has 0 aliphatic carbocycles. The van der Waals surface area contributed by atoms with E-state index in [0.29, 0.717) is 17.2 Å². The van der Waals surface area contributed by atoms with Crippen molar-refractivity contribution in [3.8, 4) is 0 Å². The highest BCUT2D eigenvalue weighted by molar-refractivity contribution is 6.30. The Labute approximate surface area is 145 Å². The number of anilines is 1. The van der Waals surface area contributed by atoms with Crippen LogP contribution in [-0.4, -0.2) is 18.8 Å². The molecule has 0 spiro atoms. The van der Waals surface area contributed by atoms with Crippen LogP contribution in [0.1, 0.15) is 12.5 Å². The monoisotopic (exact) mass is 348 g/mol. The van der Waals surface area contributed by atoms with Crippen LogP contribution in [0.5, 0.6) is 0 Å². The van der Waals surface area contributed by atoms with Crippen molar-refractivity contribution in [2.24, 2.45) is 11.0 Å². The van der Waals surface area contributed by atoms with Crippen molar-refractivity contribution in [3.05, 3.63) is 64.9 Å². The number of hydrazone groups is 1. The van der Waals surface area contributed by atoms with Gasteiger partial charge in [-0.3, -0.25) is 10.2 Å². The normalized spacial score (nSPS) is 12.6. The summed E-state index contributed by atoms with van der Waals surface area (Å²) in [4.78, 5) is 12.1. The number of carbonyl (C=O) groups is 1. The third kappa shape index (κ3) is 5.06. The maximum Gasteiger partial charge on any atom is 0.314 e. The molecule has 2 rings (SSSR count). The zero-order valence-electron chi connectivity index (χ0n) is 13.4. The van der Waals surface area contributed by atoms with Crippen LogP contribution in [0, 0.1) is 11.7 Å². The Morgan fingerprint density at radius 1 is 1.21 bits per heavy atom. The topological polar surface area (TPSA) is 50.7 Å². The van der Waals surface area contributed by atoms with Crippen LogP contribution in [-0.2, 0) is 16.0 Å². The van der Waals surface area contributed by atoms with Crippen LogP contribution in [0.3, 0.4) is 0 Å². The predicted molar refractivity (Wildman–Crippen MR) is 93.8 cm³/mol. The lowest BCUT2D eigenvalue weighted by Gasteiger charge is -2.15. The molecule has 0 fully saturated rings. The van der Waals surface area contributed by atoms with Crippen molar-refractivity contribution in [2.45, 2.75) is 13.3 Å². The largest absolute Gasteiger partial charge is 0.469 e. The van der Waals surface area contributed by atoms with Gasteiger partial charge in [0, 0.05) is 10.7 Å². The zero-order valence-corrected chi connectivity index (χ0v) is 14.2. The Kier molecular flexibility index (Phi) is 6.32. The molecule has 0 aliphatic heterocycles. The predicted octanol–water partition coefficient (Wildman–Crippen LogP) is 4.30. The molecule has 4 nitrogen and oxygen atoms in total. The molecule has 0 aliphatic rings. The minimum Gasteiger partial charge on any atom is -0.469 e. The average molecular weight is 349 g/mol. The van der Waals surface area contributed by atoms with Gasteiger partial charge < -0.3 is 4.74 Å². The van der Waals surface area contributed by atoms with E-state index in [0.717, 1.165) is 11.3 Å². The number of benzene rings is 2. The number of hydrogen-bond acceptors (Lipinski definition) is 4. The van der Waals surface area contributed by atoms with E-state index in [1.165, 1.54) is 19.2 Å². The molecule has 2 aromatic carbocycles. The fraction of sp³-hybridized carbons (Fsp3) is 0.222. The maximum absolute atomic E-state index is 13.0. The zero-order chi connectivity index (χ0) is 17.5. The number of carbonyl (C=O) groups excluding carboxylic acids is 1. The summed E-state index contributed by atoms with van der Waals surface area (Å²) >= 11 is 5.84. The Morgan fingerprint density at radius 3 is 2.42 bits per heavy atom. The summed E-state index contributed by atoms with van der Waals surface area (Å²) in [6.07, 6.45) is 0.380. The molecule has 0 heterocycles. The first kappa shape index (κ1) is 17.9. The lowest BCUT2D eigenvalue weighted by molar-refractivity contribution is -0.143. The molecular formula is C18H18ClFN2O2. The van der Waals surface area contributed by atoms with Gasteiger partial charge in [-0.1, -0.05) is 23.7 Å². The molecule has 126 valence electrons. The van der Waals surface area contributed by atoms with E-state index in [4.69, 9.17) is 16.3 Å². The highest BCUT2D eigenvalue weighted by Crippen LogP contribution is 2.16. The Hall–Kier alpha value is -2.40. The quantitative estimate of drug-likeness (QED) is 0.481. The summed E-state index contributed by atoms with van der Waals surface area (Å²) in [5, 5.41) is 4.89. The Bertz CT molecular complexity index is 715. The number of rotatable bonds is 6. The molecule has 0 bridgehead atoms. The van der Waals surface area contributed by atoms with E-state index in [2.05, 4.69) is 10.5 Å². The van der Waals surface area contributed by atoms with Gasteiger partial charge in [0.15, 0.2) is 0 Å². The standard InChI is InChI=1S/C18H18ClFN2O2/c1-12(21-22-16-9-5-14(19)6-10-16)17(18(23)24-2)11-13-3-7-15(20)8-4-13/h3-10,17,22H,11H2,1-2H3/b21-12+. The molecule has 0 aromatic heterocycles. The van der Waals surface area contributed by atoms with Gasteiger partial charge in [0.05, 0.1) is 12.8 Å². The molecule has 0 radical (unpaired) electrons. The van der Waals surface area contributed by atoms with Gasteiger partial charge in [0.25, 0.3) is 0 Å². The molecule has 6 heteroatoms. The second-order valence-corrected chi connectivity index (χ2v) is 5.71. The summed E-state index contributed by atoms with van der Waals surface area (Å²) in [7, 11) is 1.33. The van der Waals surface area contributed by atoms with Gasteiger partial charge in [-0.05, 0) is 55.3 Å². The van der Waals surface area contributed by atoms with E-state index in [-0.39, 0.29) is 5.82 Å². The molecule has 1 N–H and O–H groups in total. The summed E-state index contributed by atoms with van der Waals surface area (Å²) in [5.74, 6) is -1.26. The van der Waals surface area contributed by atoms with E-state index < -0.39 is 11.9 Å². The van der Waals surface area contributed by atoms with Crippen LogP contribution < -0.4 is 5.43 Å². The second-order valence-electron chi connectivity index (χ2n) is 5.28. The van der Waals surface area contributed by atoms with Gasteiger partial charge in [0.2, 0.25) is 0 Å². The number of nitrogens with one attached hydrogen (secondary N) is 1. The van der Waals surface area contributed by atoms with Crippen LogP contribution in [0.4, 0.5) is 10.1 Å². The smallest absolute Gasteiger partial charge is 0.314 e. The second kappa shape index (κ2) is 8.45. The molecule has 1 unspecified atom stereocenters. The fourth-order valence-electron chi connectivity index (χ4n) is 2.16. The van der Waals surface area contributed by atoms with Crippen molar-refractivity contribution in [3.63, 3.8) is 0 Å². The molecule has 1 atom stereocenters. The average Bonchev–Trinajstić information content (AvgIpc) is 2.60. The highest BCUT2D eigenvalue weighted by atomic mass is 35.5. The van der Waals surface area contributed by atoms with Crippen LogP contribution in [0.15, 0.2) is 53.6 Å². The van der Waals surface area contributed by atoms with Crippen LogP contribution in [0.2, 0.25) is 5.02 Å². The lowest BCUT2D eigenvalue weighted by Crippen LogP contribution is -2.26. The molecule has 0 saturated carbocycles. The summed E-state index contributed by atoms with van der Waals surface area (Å²) < 4.78 is 17.9. The Morgan fingerprint density at radius 2 is 1.83 bits per heavy atom. The van der Waals surface area contributed by atoms with Gasteiger partial charge >= 0.3 is 5.97 Å². The van der Waals surface area contributed by atoms with E-state index in [9.17, 15) is 9.18 Å². The number of esters is 1. The summed E-state index contributed by atoms with van der Waals surface area (Å²) in [6, 6.07) is 13.1. The number of nitrogens with zero attached hydrogens (tertiary/aromatic N) is 1. The number of hydrogen-bond donors (Lipinski definition) is 1. The first-order valence-corrected chi connectivity index (χ1v) is 7.75. The highest BCUT2D eigenvalue weighted by Gasteiger charge is 2.23. The van der Waals surface area contributed by atoms with Crippen molar-refractivity contribution < 1.29 is 13.9 Å². The first-order chi connectivity index (χ1) is 11.5. The molecular weight excluding hydrogens is 331 g/mol. The van der Waals surface area contributed by atoms with Gasteiger partial charge in [-0.2, -0.15) is 5.10 Å². The number of halogens is 2. The molecule has 24 heavy (non-hydrogen) atoms. The SMILES string of the molecule is COC(=O)C(Cc1ccc(F)cc1)/C(C)=N/Nc1ccc(Cl)cc1. The summed E-state index contributed by atoms with van der Waals surface area (Å²) in [5.41, 5.74) is 5.04. The van der Waals surface area contributed by atoms with Crippen molar-refractivity contribution >= 4 is 29.0 Å². The lowest BCUT2D eigenvalue weighted by atomic mass is 9.95. The Balaban J connectivity index is 2.13. The first-order valence-electron chi connectivity index (χ1n) is 7.37. The fourth-order valence-corrected chi connectivity index (χ4v) is 2.28. The van der Waals surface area contributed by atoms with E-state index in [1.54, 1.807) is 43.3 Å². The minimum atomic E-state index is -0.555. The minimum absolute atomic E-state index is 0.317. The number of methoxy groups -OCH3 is 1. The van der Waals surface area contributed by atoms with Crippen LogP contribution in [0.25, 0.3) is 0 Å². The van der Waals surface area contributed by atoms with Crippen LogP contribution >= 0.6 is 11.6 Å². The third-order valence-corrected chi connectivity index (χ3v) is 3.80. The van der Waals surface area contributed by atoms with E-state index >= 15 is 0 Å². The number of ether oxygens (including phenoxy) is 1. The molecule has 0 saturated heterocycles. The van der Waals surface area contributed by atoms with Crippen molar-refractivity contribution in [2.75, 3.05) is 12.5 Å². The third-order valence-electron chi connectivity index (χ3n) is 3.55. The van der Waals surface area contributed by atoms with Gasteiger partial charge in [0.1, 0.15) is 11.7 Å².